The van der Waals surface area contributed by atoms with Gasteiger partial charge in [-0.25, -0.2) is 0 Å². The Morgan fingerprint density at radius 3 is 2.27 bits per heavy atom. The third-order valence-electron chi connectivity index (χ3n) is 5.93. The quantitative estimate of drug-likeness (QED) is 0.166. The minimum absolute atomic E-state index is 0.0316. The van der Waals surface area contributed by atoms with Crippen LogP contribution in [-0.4, -0.2) is 69.3 Å². The first-order chi connectivity index (χ1) is 15.5. The van der Waals surface area contributed by atoms with E-state index in [-0.39, 0.29) is 34.2 Å². The number of furan rings is 1. The first kappa shape index (κ1) is 30.4. The zero-order valence-electron chi connectivity index (χ0n) is 21.3. The maximum absolute atomic E-state index is 12.4. The molecule has 2 rings (SSSR count). The summed E-state index contributed by atoms with van der Waals surface area (Å²) in [4.78, 5) is 12.4. The molecule has 33 heavy (non-hydrogen) atoms. The number of carbonyl (C=O) groups is 1. The van der Waals surface area contributed by atoms with Gasteiger partial charge in [0.1, 0.15) is 25.9 Å². The van der Waals surface area contributed by atoms with E-state index in [1.54, 1.807) is 21.9 Å². The van der Waals surface area contributed by atoms with E-state index in [4.69, 9.17) is 9.15 Å². The Morgan fingerprint density at radius 2 is 1.79 bits per heavy atom. The maximum atomic E-state index is 12.4. The van der Waals surface area contributed by atoms with Crippen molar-refractivity contribution in [1.29, 1.82) is 0 Å². The van der Waals surface area contributed by atoms with Crippen molar-refractivity contribution in [2.24, 2.45) is 5.92 Å². The fourth-order valence-electron chi connectivity index (χ4n) is 4.00. The van der Waals surface area contributed by atoms with Crippen LogP contribution in [0, 0.1) is 5.92 Å². The van der Waals surface area contributed by atoms with Crippen molar-refractivity contribution in [2.45, 2.75) is 99.2 Å². The van der Waals surface area contributed by atoms with Crippen LogP contribution in [0.4, 0.5) is 0 Å². The van der Waals surface area contributed by atoms with Crippen molar-refractivity contribution in [2.75, 3.05) is 6.61 Å². The van der Waals surface area contributed by atoms with Gasteiger partial charge in [0.25, 0.3) is 0 Å². The molecule has 1 aromatic rings. The molecule has 188 valence electrons. The van der Waals surface area contributed by atoms with Crippen LogP contribution in [-0.2, 0) is 15.1 Å². The third-order valence-corrected chi connectivity index (χ3v) is 11.7. The summed E-state index contributed by atoms with van der Waals surface area (Å²) >= 11 is 0.149. The van der Waals surface area contributed by atoms with Crippen molar-refractivity contribution in [3.8, 4) is 0 Å². The van der Waals surface area contributed by atoms with E-state index >= 15 is 0 Å². The SMILES string of the molecule is C=C1C[C@@H](C(=O)OCC)[C@](O)(c2ccoc2[Si](C)(C)C)[C@H](O)[C@@H]1O.CCC[CH2][Sn][CH2]CCC. The Morgan fingerprint density at radius 1 is 1.21 bits per heavy atom. The molecule has 0 bridgehead atoms. The van der Waals surface area contributed by atoms with Gasteiger partial charge in [0.2, 0.25) is 0 Å². The molecule has 0 unspecified atom stereocenters. The van der Waals surface area contributed by atoms with E-state index < -0.39 is 37.8 Å². The van der Waals surface area contributed by atoms with Gasteiger partial charge >= 0.3 is 75.5 Å². The number of hydrogen-bond acceptors (Lipinski definition) is 6. The van der Waals surface area contributed by atoms with Crippen LogP contribution < -0.4 is 5.38 Å². The molecule has 1 heterocycles. The average Bonchev–Trinajstić information content (AvgIpc) is 3.27. The predicted molar refractivity (Wildman–Crippen MR) is 137 cm³/mol. The number of aliphatic hydroxyl groups excluding tert-OH is 2. The summed E-state index contributed by atoms with van der Waals surface area (Å²) in [6.07, 6.45) is 4.38. The fourth-order valence-corrected chi connectivity index (χ4v) is 9.67. The molecule has 8 heteroatoms. The summed E-state index contributed by atoms with van der Waals surface area (Å²) in [5.74, 6) is -1.69. The Balaban J connectivity index is 0.000000513. The van der Waals surface area contributed by atoms with Crippen LogP contribution in [0.3, 0.4) is 0 Å². The molecule has 3 N–H and O–H groups in total. The van der Waals surface area contributed by atoms with Gasteiger partial charge in [-0.1, -0.05) is 26.2 Å². The second-order valence-electron chi connectivity index (χ2n) is 9.75. The van der Waals surface area contributed by atoms with Crippen LogP contribution >= 0.6 is 0 Å². The van der Waals surface area contributed by atoms with Crippen LogP contribution in [0.25, 0.3) is 0 Å². The van der Waals surface area contributed by atoms with Gasteiger partial charge in [0, 0.05) is 5.56 Å². The molecule has 0 spiro atoms. The Kier molecular flexibility index (Phi) is 13.0. The van der Waals surface area contributed by atoms with E-state index in [0.717, 1.165) is 0 Å². The topological polar surface area (TPSA) is 100 Å². The number of ether oxygens (including phenoxy) is 1. The summed E-state index contributed by atoms with van der Waals surface area (Å²) < 4.78 is 13.9. The molecular formula is C25H44O6SiSn. The van der Waals surface area contributed by atoms with E-state index in [9.17, 15) is 20.1 Å². The number of rotatable bonds is 10. The van der Waals surface area contributed by atoms with Gasteiger partial charge in [-0.05, 0) is 25.0 Å². The summed E-state index contributed by atoms with van der Waals surface area (Å²) in [6.45, 7) is 16.2. The first-order valence-corrected chi connectivity index (χ1v) is 19.7. The van der Waals surface area contributed by atoms with Crippen LogP contribution in [0.5, 0.6) is 0 Å². The molecule has 0 aromatic carbocycles. The molecule has 6 nitrogen and oxygen atoms in total. The number of unbranched alkanes of at least 4 members (excludes halogenated alkanes) is 2. The van der Waals surface area contributed by atoms with E-state index in [1.807, 2.05) is 19.6 Å². The normalized spacial score (nSPS) is 25.4. The van der Waals surface area contributed by atoms with Gasteiger partial charge < -0.3 is 24.5 Å². The Labute approximate surface area is 211 Å². The standard InChI is InChI=1S/C17H26O6Si.2C4H9.Sn/c1-6-22-15(20)12-9-10(2)13(18)14(19)17(12,21)11-7-8-23-16(11)24(3,4)5;2*1-3-4-2;/h7-8,12-14,18-19,21H,2,6,9H2,1,3-5H3;2*1,3-4H2,2H3;/t12-,13+,14+,17+;;;/m0.../s1. The van der Waals surface area contributed by atoms with Gasteiger partial charge in [-0.2, -0.15) is 0 Å². The monoisotopic (exact) mass is 588 g/mol. The molecule has 1 aromatic heterocycles. The van der Waals surface area contributed by atoms with Gasteiger partial charge in [0.05, 0.1) is 24.2 Å². The zero-order valence-corrected chi connectivity index (χ0v) is 25.2. The molecule has 0 saturated heterocycles. The second kappa shape index (κ2) is 14.1. The van der Waals surface area contributed by atoms with Crippen molar-refractivity contribution in [3.05, 3.63) is 30.0 Å². The van der Waals surface area contributed by atoms with Crippen LogP contribution in [0.2, 0.25) is 28.5 Å². The first-order valence-electron chi connectivity index (χ1n) is 12.2. The fraction of sp³-hybridized carbons (Fsp3) is 0.720. The van der Waals surface area contributed by atoms with Crippen molar-refractivity contribution < 1.29 is 29.3 Å². The van der Waals surface area contributed by atoms with E-state index in [2.05, 4.69) is 20.4 Å². The number of aliphatic hydroxyl groups is 3. The number of carbonyl (C=O) groups excluding carboxylic acids is 1. The Bertz CT molecular complexity index is 738. The van der Waals surface area contributed by atoms with Crippen molar-refractivity contribution in [1.82, 2.24) is 0 Å². The van der Waals surface area contributed by atoms with Crippen molar-refractivity contribution >= 4 is 40.6 Å². The van der Waals surface area contributed by atoms with Crippen LogP contribution in [0.1, 0.15) is 58.4 Å². The number of hydrogen-bond donors (Lipinski definition) is 3. The van der Waals surface area contributed by atoms with Crippen LogP contribution in [0.15, 0.2) is 28.9 Å². The zero-order chi connectivity index (χ0) is 25.2. The molecule has 1 aliphatic carbocycles. The predicted octanol–water partition coefficient (Wildman–Crippen LogP) is 4.00. The average molecular weight is 587 g/mol. The van der Waals surface area contributed by atoms with E-state index in [0.29, 0.717) is 16.5 Å². The molecular weight excluding hydrogens is 543 g/mol. The summed E-state index contributed by atoms with van der Waals surface area (Å²) in [5, 5.41) is 32.8. The summed E-state index contributed by atoms with van der Waals surface area (Å²) in [7, 11) is -2.00. The second-order valence-corrected chi connectivity index (χ2v) is 19.0. The molecule has 4 atom stereocenters. The van der Waals surface area contributed by atoms with Gasteiger partial charge in [-0.15, -0.1) is 0 Å². The third kappa shape index (κ3) is 7.95. The molecule has 1 aliphatic rings. The van der Waals surface area contributed by atoms with Crippen molar-refractivity contribution in [3.63, 3.8) is 0 Å². The molecule has 2 radical (unpaired) electrons. The summed E-state index contributed by atoms with van der Waals surface area (Å²) in [5.41, 5.74) is -1.35. The van der Waals surface area contributed by atoms with E-state index in [1.165, 1.54) is 31.9 Å². The van der Waals surface area contributed by atoms with Gasteiger partial charge in [0.15, 0.2) is 0 Å². The Hall–Kier alpha value is -0.614. The van der Waals surface area contributed by atoms with Gasteiger partial charge in [-0.3, -0.25) is 4.79 Å². The molecule has 0 amide bonds. The summed E-state index contributed by atoms with van der Waals surface area (Å²) in [6, 6.07) is 1.56. The molecule has 1 saturated carbocycles. The molecule has 0 aliphatic heterocycles. The number of esters is 1. The molecule has 1 fully saturated rings. The minimum atomic E-state index is -2.00.